The second-order valence-electron chi connectivity index (χ2n) is 6.74. The minimum atomic E-state index is -1.39. The quantitative estimate of drug-likeness (QED) is 0.232. The molecular formula is C20H19N3O8. The molecule has 0 aliphatic carbocycles. The number of benzene rings is 2. The molecule has 1 N–H and O–H groups in total. The predicted molar refractivity (Wildman–Crippen MR) is 106 cm³/mol. The van der Waals surface area contributed by atoms with Gasteiger partial charge in [0, 0.05) is 0 Å². The van der Waals surface area contributed by atoms with E-state index in [0.717, 1.165) is 6.07 Å². The molecule has 1 aliphatic heterocycles. The number of hydrogen-bond donors (Lipinski definition) is 1. The zero-order valence-electron chi connectivity index (χ0n) is 16.9. The van der Waals surface area contributed by atoms with Crippen molar-refractivity contribution in [3.8, 4) is 17.2 Å². The van der Waals surface area contributed by atoms with Crippen molar-refractivity contribution in [2.75, 3.05) is 20.8 Å². The van der Waals surface area contributed by atoms with E-state index in [1.165, 1.54) is 33.3 Å². The van der Waals surface area contributed by atoms with Crippen LogP contribution in [0.25, 0.3) is 0 Å². The van der Waals surface area contributed by atoms with E-state index in [1.54, 1.807) is 24.3 Å². The number of urea groups is 1. The monoisotopic (exact) mass is 429 g/mol. The summed E-state index contributed by atoms with van der Waals surface area (Å²) in [5.41, 5.74) is -1.39. The van der Waals surface area contributed by atoms with Crippen LogP contribution in [0.2, 0.25) is 0 Å². The average Bonchev–Trinajstić information content (AvgIpc) is 2.97. The van der Waals surface area contributed by atoms with Crippen LogP contribution in [0.3, 0.4) is 0 Å². The first-order valence-electron chi connectivity index (χ1n) is 9.01. The summed E-state index contributed by atoms with van der Waals surface area (Å²) in [5.74, 6) is -1.23. The fraction of sp³-hybridized carbons (Fsp3) is 0.250. The van der Waals surface area contributed by atoms with Gasteiger partial charge in [0.25, 0.3) is 5.91 Å². The smallest absolute Gasteiger partial charge is 0.331 e. The molecule has 0 saturated carbocycles. The van der Waals surface area contributed by atoms with Crippen LogP contribution in [-0.4, -0.2) is 48.5 Å². The van der Waals surface area contributed by atoms with E-state index >= 15 is 0 Å². The molecule has 1 unspecified atom stereocenters. The Morgan fingerprint density at radius 1 is 1.10 bits per heavy atom. The van der Waals surface area contributed by atoms with Crippen LogP contribution in [-0.2, 0) is 15.1 Å². The Hall–Kier alpha value is -4.15. The minimum absolute atomic E-state index is 0.204. The van der Waals surface area contributed by atoms with E-state index in [-0.39, 0.29) is 11.5 Å². The number of esters is 1. The lowest BCUT2D eigenvalue weighted by atomic mass is 9.92. The molecule has 0 radical (unpaired) electrons. The maximum atomic E-state index is 12.9. The maximum absolute atomic E-state index is 12.9. The van der Waals surface area contributed by atoms with E-state index in [0.29, 0.717) is 16.2 Å². The third kappa shape index (κ3) is 4.10. The molecule has 0 spiro atoms. The van der Waals surface area contributed by atoms with Crippen LogP contribution >= 0.6 is 0 Å². The molecule has 11 heteroatoms. The van der Waals surface area contributed by atoms with Gasteiger partial charge in [0.05, 0.1) is 25.2 Å². The Kier molecular flexibility index (Phi) is 5.77. The summed E-state index contributed by atoms with van der Waals surface area (Å²) < 4.78 is 15.0. The lowest BCUT2D eigenvalue weighted by Crippen LogP contribution is -2.41. The molecule has 0 aromatic heterocycles. The zero-order chi connectivity index (χ0) is 22.8. The van der Waals surface area contributed by atoms with Gasteiger partial charge in [-0.05, 0) is 36.8 Å². The summed E-state index contributed by atoms with van der Waals surface area (Å²) >= 11 is 0. The number of nitro groups is 1. The number of carbonyl (C=O) groups is 3. The van der Waals surface area contributed by atoms with Crippen molar-refractivity contribution in [2.45, 2.75) is 12.5 Å². The van der Waals surface area contributed by atoms with Gasteiger partial charge in [-0.3, -0.25) is 19.8 Å². The summed E-state index contributed by atoms with van der Waals surface area (Å²) in [6, 6.07) is 9.41. The van der Waals surface area contributed by atoms with Gasteiger partial charge in [0.2, 0.25) is 5.75 Å². The van der Waals surface area contributed by atoms with Crippen molar-refractivity contribution >= 4 is 23.6 Å². The molecule has 3 rings (SSSR count). The summed E-state index contributed by atoms with van der Waals surface area (Å²) in [6.07, 6.45) is 0. The largest absolute Gasteiger partial charge is 0.497 e. The van der Waals surface area contributed by atoms with Crippen molar-refractivity contribution in [3.05, 3.63) is 58.1 Å². The van der Waals surface area contributed by atoms with E-state index in [4.69, 9.17) is 14.2 Å². The van der Waals surface area contributed by atoms with Gasteiger partial charge in [-0.15, -0.1) is 0 Å². The SMILES string of the molecule is COc1ccc(C2(C)NC(=O)N(CC(=O)Oc3ccc(OC)cc3[N+](=O)[O-])C2=O)cc1. The van der Waals surface area contributed by atoms with Gasteiger partial charge in [0.1, 0.15) is 23.6 Å². The Morgan fingerprint density at radius 2 is 1.71 bits per heavy atom. The molecule has 1 fully saturated rings. The Balaban J connectivity index is 1.77. The average molecular weight is 429 g/mol. The van der Waals surface area contributed by atoms with Crippen LogP contribution in [0.4, 0.5) is 10.5 Å². The summed E-state index contributed by atoms with van der Waals surface area (Å²) in [4.78, 5) is 48.8. The summed E-state index contributed by atoms with van der Waals surface area (Å²) in [7, 11) is 2.84. The third-order valence-corrected chi connectivity index (χ3v) is 4.82. The van der Waals surface area contributed by atoms with E-state index in [9.17, 15) is 24.5 Å². The maximum Gasteiger partial charge on any atom is 0.331 e. The molecule has 2 aromatic rings. The highest BCUT2D eigenvalue weighted by Gasteiger charge is 2.49. The topological polar surface area (TPSA) is 137 Å². The van der Waals surface area contributed by atoms with Gasteiger partial charge < -0.3 is 19.5 Å². The van der Waals surface area contributed by atoms with Crippen molar-refractivity contribution in [1.29, 1.82) is 0 Å². The first-order chi connectivity index (χ1) is 14.7. The predicted octanol–water partition coefficient (Wildman–Crippen LogP) is 1.98. The van der Waals surface area contributed by atoms with E-state index in [1.807, 2.05) is 0 Å². The van der Waals surface area contributed by atoms with Crippen LogP contribution in [0.5, 0.6) is 17.2 Å². The van der Waals surface area contributed by atoms with Gasteiger partial charge >= 0.3 is 17.7 Å². The van der Waals surface area contributed by atoms with Crippen LogP contribution in [0, 0.1) is 10.1 Å². The van der Waals surface area contributed by atoms with E-state index < -0.39 is 40.6 Å². The molecule has 1 aliphatic rings. The fourth-order valence-corrected chi connectivity index (χ4v) is 3.10. The molecule has 31 heavy (non-hydrogen) atoms. The third-order valence-electron chi connectivity index (χ3n) is 4.82. The lowest BCUT2D eigenvalue weighted by Gasteiger charge is -2.22. The van der Waals surface area contributed by atoms with Crippen molar-refractivity contribution in [1.82, 2.24) is 10.2 Å². The fourth-order valence-electron chi connectivity index (χ4n) is 3.10. The van der Waals surface area contributed by atoms with Gasteiger partial charge in [-0.2, -0.15) is 0 Å². The molecule has 162 valence electrons. The number of carbonyl (C=O) groups excluding carboxylic acids is 3. The Morgan fingerprint density at radius 3 is 2.29 bits per heavy atom. The highest BCUT2D eigenvalue weighted by atomic mass is 16.6. The number of nitro benzene ring substituents is 1. The number of rotatable bonds is 7. The normalized spacial score (nSPS) is 17.8. The first-order valence-corrected chi connectivity index (χ1v) is 9.01. The zero-order valence-corrected chi connectivity index (χ0v) is 16.9. The second kappa shape index (κ2) is 8.30. The van der Waals surface area contributed by atoms with Gasteiger partial charge in [-0.1, -0.05) is 12.1 Å². The van der Waals surface area contributed by atoms with Crippen molar-refractivity contribution in [2.24, 2.45) is 0 Å². The van der Waals surface area contributed by atoms with Crippen LogP contribution < -0.4 is 19.5 Å². The van der Waals surface area contributed by atoms with E-state index in [2.05, 4.69) is 5.32 Å². The molecule has 1 saturated heterocycles. The molecular weight excluding hydrogens is 410 g/mol. The molecule has 0 bridgehead atoms. The highest BCUT2D eigenvalue weighted by Crippen LogP contribution is 2.32. The minimum Gasteiger partial charge on any atom is -0.497 e. The number of nitrogens with zero attached hydrogens (tertiary/aromatic N) is 2. The molecule has 11 nitrogen and oxygen atoms in total. The molecule has 2 aromatic carbocycles. The second-order valence-corrected chi connectivity index (χ2v) is 6.74. The van der Waals surface area contributed by atoms with Gasteiger partial charge in [-0.25, -0.2) is 9.59 Å². The summed E-state index contributed by atoms with van der Waals surface area (Å²) in [5, 5.41) is 13.8. The van der Waals surface area contributed by atoms with Crippen LogP contribution in [0.15, 0.2) is 42.5 Å². The molecule has 1 atom stereocenters. The lowest BCUT2D eigenvalue weighted by molar-refractivity contribution is -0.385. The Bertz CT molecular complexity index is 1050. The highest BCUT2D eigenvalue weighted by molar-refractivity contribution is 6.09. The molecule has 1 heterocycles. The number of amides is 3. The van der Waals surface area contributed by atoms with Gasteiger partial charge in [0.15, 0.2) is 0 Å². The number of nitrogens with one attached hydrogen (secondary N) is 1. The Labute approximate surface area is 176 Å². The number of ether oxygens (including phenoxy) is 3. The number of hydrogen-bond acceptors (Lipinski definition) is 8. The first kappa shape index (κ1) is 21.6. The number of imide groups is 1. The molecule has 3 amide bonds. The van der Waals surface area contributed by atoms with Crippen molar-refractivity contribution < 1.29 is 33.5 Å². The summed E-state index contributed by atoms with van der Waals surface area (Å²) in [6.45, 7) is 0.786. The van der Waals surface area contributed by atoms with Crippen LogP contribution in [0.1, 0.15) is 12.5 Å². The van der Waals surface area contributed by atoms with Crippen molar-refractivity contribution in [3.63, 3.8) is 0 Å². The number of methoxy groups -OCH3 is 2. The standard InChI is InChI=1S/C20H19N3O8/c1-20(12-4-6-13(29-2)7-5-12)18(25)22(19(26)21-20)11-17(24)31-16-9-8-14(30-3)10-15(16)23(27)28/h4-10H,11H2,1-3H3,(H,21,26).